The van der Waals surface area contributed by atoms with Gasteiger partial charge in [0.2, 0.25) is 17.7 Å². The molecular formula is C47H78N6O12. The number of ketones is 3. The number of ether oxygens (including phenoxy) is 4. The quantitative estimate of drug-likeness (QED) is 0.0448. The number of nitrogens with one attached hydrogen (secondary N) is 5. The highest BCUT2D eigenvalue weighted by molar-refractivity contribution is 5.97. The molecule has 0 bridgehead atoms. The van der Waals surface area contributed by atoms with Crippen molar-refractivity contribution >= 4 is 46.0 Å². The summed E-state index contributed by atoms with van der Waals surface area (Å²) in [6, 6.07) is 4.97. The van der Waals surface area contributed by atoms with Crippen molar-refractivity contribution in [2.24, 2.45) is 23.5 Å². The topological polar surface area (TPSA) is 270 Å². The highest BCUT2D eigenvalue weighted by Crippen LogP contribution is 2.22. The van der Waals surface area contributed by atoms with Crippen LogP contribution >= 0.6 is 0 Å². The second kappa shape index (κ2) is 32.5. The third-order valence-corrected chi connectivity index (χ3v) is 10.8. The van der Waals surface area contributed by atoms with E-state index in [2.05, 4.69) is 40.1 Å². The van der Waals surface area contributed by atoms with Gasteiger partial charge in [0.1, 0.15) is 6.61 Å². The lowest BCUT2D eigenvalue weighted by Gasteiger charge is -2.27. The molecule has 1 aromatic carbocycles. The lowest BCUT2D eigenvalue weighted by molar-refractivity contribution is -0.138. The molecule has 1 aromatic heterocycles. The van der Waals surface area contributed by atoms with Gasteiger partial charge in [-0.1, -0.05) is 52.8 Å². The highest BCUT2D eigenvalue weighted by atomic mass is 16.6. The number of aromatic amines is 1. The van der Waals surface area contributed by atoms with Crippen molar-refractivity contribution in [1.29, 1.82) is 0 Å². The Balaban J connectivity index is 1.95. The number of nitrogens with two attached hydrogens (primary N) is 1. The molecule has 65 heavy (non-hydrogen) atoms. The van der Waals surface area contributed by atoms with Crippen LogP contribution in [0.3, 0.4) is 0 Å². The molecule has 0 saturated heterocycles. The second-order valence-corrected chi connectivity index (χ2v) is 17.0. The van der Waals surface area contributed by atoms with Crippen LogP contribution in [-0.4, -0.2) is 153 Å². The number of amides is 3. The zero-order valence-corrected chi connectivity index (χ0v) is 39.5. The Bertz CT molecular complexity index is 1720. The van der Waals surface area contributed by atoms with Gasteiger partial charge < -0.3 is 61.1 Å². The largest absolute Gasteiger partial charge is 0.396 e. The van der Waals surface area contributed by atoms with E-state index in [9.17, 15) is 39.0 Å². The Labute approximate surface area is 384 Å². The first-order valence-electron chi connectivity index (χ1n) is 23.2. The summed E-state index contributed by atoms with van der Waals surface area (Å²) in [5, 5.41) is 33.3. The number of para-hydroxylation sites is 1. The van der Waals surface area contributed by atoms with Crippen molar-refractivity contribution in [1.82, 2.24) is 26.3 Å². The van der Waals surface area contributed by atoms with Crippen LogP contribution in [0.1, 0.15) is 92.1 Å². The molecule has 6 atom stereocenters. The number of unbranched alkanes of at least 4 members (excludes halogenated alkanes) is 1. The van der Waals surface area contributed by atoms with Gasteiger partial charge in [-0.15, -0.1) is 0 Å². The van der Waals surface area contributed by atoms with Gasteiger partial charge in [-0.25, -0.2) is 0 Å². The van der Waals surface area contributed by atoms with E-state index in [1.807, 2.05) is 31.2 Å². The zero-order valence-electron chi connectivity index (χ0n) is 39.5. The fourth-order valence-electron chi connectivity index (χ4n) is 7.09. The molecule has 3 amide bonds. The van der Waals surface area contributed by atoms with Crippen LogP contribution in [0.2, 0.25) is 0 Å². The van der Waals surface area contributed by atoms with Gasteiger partial charge in [0.05, 0.1) is 88.9 Å². The molecule has 0 aliphatic rings. The number of Topliss-reactive ketones (excluding diaryl/α,β-unsaturated/α-hetero) is 3. The summed E-state index contributed by atoms with van der Waals surface area (Å²) in [6.45, 7) is 13.5. The summed E-state index contributed by atoms with van der Waals surface area (Å²) in [5.74, 6) is -6.21. The zero-order chi connectivity index (χ0) is 48.1. The summed E-state index contributed by atoms with van der Waals surface area (Å²) in [7, 11) is 0. The minimum Gasteiger partial charge on any atom is -0.396 e. The van der Waals surface area contributed by atoms with E-state index in [-0.39, 0.29) is 44.9 Å². The molecule has 9 N–H and O–H groups in total. The first-order chi connectivity index (χ1) is 31.1. The van der Waals surface area contributed by atoms with Crippen LogP contribution in [0, 0.1) is 17.8 Å². The molecule has 0 spiro atoms. The molecule has 2 rings (SSSR count). The lowest BCUT2D eigenvalue weighted by atomic mass is 9.88. The fourth-order valence-corrected chi connectivity index (χ4v) is 7.09. The van der Waals surface area contributed by atoms with Gasteiger partial charge in [0, 0.05) is 55.4 Å². The number of H-pyrrole nitrogens is 1. The number of carbonyl (C=O) groups is 6. The maximum atomic E-state index is 13.8. The standard InChI is InChI=1S/C47H78N6O12/c1-7-12-41(56)40(25-34-28-50-38-14-9-8-13-36(34)38)52-47(61)37(33(6)55)27-43(58)45(31(2)3)53-46(60)35(29-54)26-42(57)39(15-10-11-16-48)51-44(59)30-65-24-23-64-22-21-63-20-19-62-18-17-49-32(4)5/h8-9,13-14,28,31-33,35,37,39-40,45,49-50,54-55H,7,10-12,15-27,29-30,48H2,1-6H3,(H,51,59)(H,52,61)(H,53,60)/t33-,35+,37+,39+,40+,45+/m1/s1. The van der Waals surface area contributed by atoms with E-state index in [1.165, 1.54) is 6.92 Å². The molecule has 0 fully saturated rings. The van der Waals surface area contributed by atoms with Crippen molar-refractivity contribution < 1.29 is 57.9 Å². The van der Waals surface area contributed by atoms with Crippen LogP contribution in [-0.2, 0) is 54.1 Å². The van der Waals surface area contributed by atoms with E-state index in [0.29, 0.717) is 64.9 Å². The number of benzene rings is 1. The van der Waals surface area contributed by atoms with Crippen molar-refractivity contribution in [3.05, 3.63) is 36.0 Å². The van der Waals surface area contributed by atoms with Crippen LogP contribution in [0.4, 0.5) is 0 Å². The van der Waals surface area contributed by atoms with Crippen LogP contribution in [0.15, 0.2) is 30.5 Å². The van der Waals surface area contributed by atoms with E-state index < -0.39 is 90.7 Å². The lowest BCUT2D eigenvalue weighted by Crippen LogP contribution is -2.51. The Kier molecular flexibility index (Phi) is 28.5. The Morgan fingerprint density at radius 3 is 2.00 bits per heavy atom. The highest BCUT2D eigenvalue weighted by Gasteiger charge is 2.35. The molecule has 0 radical (unpaired) electrons. The van der Waals surface area contributed by atoms with E-state index in [1.54, 1.807) is 20.0 Å². The molecule has 0 aliphatic carbocycles. The molecule has 0 saturated carbocycles. The number of rotatable bonds is 38. The molecule has 0 aliphatic heterocycles. The Morgan fingerprint density at radius 2 is 1.40 bits per heavy atom. The van der Waals surface area contributed by atoms with Crippen molar-refractivity contribution in [3.63, 3.8) is 0 Å². The maximum Gasteiger partial charge on any atom is 0.246 e. The number of fused-ring (bicyclic) bond motifs is 1. The molecule has 0 unspecified atom stereocenters. The van der Waals surface area contributed by atoms with E-state index in [4.69, 9.17) is 24.7 Å². The third kappa shape index (κ3) is 22.3. The molecule has 1 heterocycles. The summed E-state index contributed by atoms with van der Waals surface area (Å²) >= 11 is 0. The number of aromatic nitrogens is 1. The molecule has 368 valence electrons. The van der Waals surface area contributed by atoms with Gasteiger partial charge in [-0.05, 0) is 56.7 Å². The van der Waals surface area contributed by atoms with Crippen LogP contribution in [0.25, 0.3) is 10.9 Å². The van der Waals surface area contributed by atoms with Crippen molar-refractivity contribution in [2.45, 2.75) is 123 Å². The monoisotopic (exact) mass is 919 g/mol. The normalized spacial score (nSPS) is 14.4. The third-order valence-electron chi connectivity index (χ3n) is 10.8. The molecule has 18 nitrogen and oxygen atoms in total. The number of hydrogen-bond acceptors (Lipinski definition) is 14. The summed E-state index contributed by atoms with van der Waals surface area (Å²) in [5.41, 5.74) is 7.38. The SMILES string of the molecule is CCCC(=O)[C@H](Cc1c[nH]c2ccccc12)NC(=O)[C@@H](CC(=O)[C@@H](NC(=O)[C@H](CO)CC(=O)[C@H](CCCCN)NC(=O)COCCOCCOCCOCCNC(C)C)C(C)C)[C@@H](C)O. The first kappa shape index (κ1) is 57.0. The van der Waals surface area contributed by atoms with E-state index >= 15 is 0 Å². The second-order valence-electron chi connectivity index (χ2n) is 17.0. The maximum absolute atomic E-state index is 13.8. The van der Waals surface area contributed by atoms with Crippen molar-refractivity contribution in [3.8, 4) is 0 Å². The first-order valence-corrected chi connectivity index (χ1v) is 23.2. The number of aliphatic hydroxyl groups excluding tert-OH is 2. The molecule has 18 heteroatoms. The van der Waals surface area contributed by atoms with Gasteiger partial charge in [-0.3, -0.25) is 28.8 Å². The van der Waals surface area contributed by atoms with Crippen LogP contribution in [0.5, 0.6) is 0 Å². The summed E-state index contributed by atoms with van der Waals surface area (Å²) in [4.78, 5) is 84.0. The number of carbonyl (C=O) groups excluding carboxylic acids is 6. The van der Waals surface area contributed by atoms with E-state index in [0.717, 1.165) is 23.0 Å². The smallest absolute Gasteiger partial charge is 0.246 e. The summed E-state index contributed by atoms with van der Waals surface area (Å²) < 4.78 is 21.9. The Morgan fingerprint density at radius 1 is 0.754 bits per heavy atom. The van der Waals surface area contributed by atoms with Crippen molar-refractivity contribution in [2.75, 3.05) is 72.6 Å². The Hall–Kier alpha value is -4.14. The predicted octanol–water partition coefficient (Wildman–Crippen LogP) is 1.91. The number of hydrogen-bond donors (Lipinski definition) is 8. The molecular weight excluding hydrogens is 841 g/mol. The average molecular weight is 919 g/mol. The fraction of sp³-hybridized carbons (Fsp3) is 0.702. The number of aliphatic hydroxyl groups is 2. The van der Waals surface area contributed by atoms with Gasteiger partial charge in [-0.2, -0.15) is 0 Å². The van der Waals surface area contributed by atoms with Crippen LogP contribution < -0.4 is 27.0 Å². The minimum absolute atomic E-state index is 0.126. The van der Waals surface area contributed by atoms with Gasteiger partial charge in [0.15, 0.2) is 17.3 Å². The average Bonchev–Trinajstić information content (AvgIpc) is 3.67. The summed E-state index contributed by atoms with van der Waals surface area (Å²) in [6.07, 6.45) is 1.95. The predicted molar refractivity (Wildman–Crippen MR) is 247 cm³/mol. The minimum atomic E-state index is -1.28. The van der Waals surface area contributed by atoms with Gasteiger partial charge >= 0.3 is 0 Å². The molecule has 2 aromatic rings. The van der Waals surface area contributed by atoms with Gasteiger partial charge in [0.25, 0.3) is 0 Å².